The van der Waals surface area contributed by atoms with Crippen molar-refractivity contribution in [1.29, 1.82) is 0 Å². The van der Waals surface area contributed by atoms with E-state index in [2.05, 4.69) is 10.5 Å². The van der Waals surface area contributed by atoms with E-state index < -0.39 is 0 Å². The second kappa shape index (κ2) is 7.08. The first-order chi connectivity index (χ1) is 11.1. The molecule has 0 radical (unpaired) electrons. The van der Waals surface area contributed by atoms with E-state index in [0.717, 1.165) is 52.9 Å². The van der Waals surface area contributed by atoms with Crippen molar-refractivity contribution in [3.05, 3.63) is 46.8 Å². The van der Waals surface area contributed by atoms with Crippen LogP contribution in [0.1, 0.15) is 27.4 Å². The quantitative estimate of drug-likeness (QED) is 0.933. The minimum Gasteiger partial charge on any atom is -0.379 e. The van der Waals surface area contributed by atoms with Gasteiger partial charge in [0.1, 0.15) is 11.5 Å². The average Bonchev–Trinajstić information content (AvgIpc) is 2.99. The fourth-order valence-electron chi connectivity index (χ4n) is 2.68. The number of benzene rings is 1. The summed E-state index contributed by atoms with van der Waals surface area (Å²) >= 11 is 1.90. The van der Waals surface area contributed by atoms with E-state index in [0.29, 0.717) is 6.54 Å². The van der Waals surface area contributed by atoms with Gasteiger partial charge in [-0.3, -0.25) is 4.79 Å². The average molecular weight is 331 g/mol. The second-order valence-electron chi connectivity index (χ2n) is 5.67. The van der Waals surface area contributed by atoms with Gasteiger partial charge in [0, 0.05) is 41.9 Å². The molecule has 0 unspecified atom stereocenters. The number of rotatable bonds is 4. The number of aryl methyl sites for hydroxylation is 1. The molecule has 5 nitrogen and oxygen atoms in total. The molecule has 1 aliphatic rings. The molecule has 0 spiro atoms. The fourth-order valence-corrected chi connectivity index (χ4v) is 3.59. The molecule has 2 heterocycles. The summed E-state index contributed by atoms with van der Waals surface area (Å²) in [7, 11) is 0. The molecule has 3 rings (SSSR count). The molecule has 1 aromatic heterocycles. The normalized spacial score (nSPS) is 14.8. The van der Waals surface area contributed by atoms with Gasteiger partial charge in [0.05, 0.1) is 6.54 Å². The Bertz CT molecular complexity index is 693. The lowest BCUT2D eigenvalue weighted by molar-refractivity contribution is 0.0771. The van der Waals surface area contributed by atoms with Gasteiger partial charge in [-0.2, -0.15) is 11.8 Å². The van der Waals surface area contributed by atoms with Gasteiger partial charge in [0.25, 0.3) is 5.91 Å². The number of amides is 1. The summed E-state index contributed by atoms with van der Waals surface area (Å²) in [6, 6.07) is 7.73. The Morgan fingerprint density at radius 3 is 2.83 bits per heavy atom. The van der Waals surface area contributed by atoms with Crippen molar-refractivity contribution in [2.24, 2.45) is 0 Å². The van der Waals surface area contributed by atoms with Crippen LogP contribution in [-0.4, -0.2) is 40.6 Å². The number of hydrogen-bond donors (Lipinski definition) is 1. The number of hydrogen-bond acceptors (Lipinski definition) is 5. The third kappa shape index (κ3) is 3.69. The molecule has 23 heavy (non-hydrogen) atoms. The van der Waals surface area contributed by atoms with E-state index in [4.69, 9.17) is 4.52 Å². The van der Waals surface area contributed by atoms with E-state index in [9.17, 15) is 4.79 Å². The number of aromatic nitrogens is 1. The van der Waals surface area contributed by atoms with Gasteiger partial charge in [0.15, 0.2) is 0 Å². The van der Waals surface area contributed by atoms with E-state index in [-0.39, 0.29) is 5.91 Å². The summed E-state index contributed by atoms with van der Waals surface area (Å²) in [4.78, 5) is 14.7. The van der Waals surface area contributed by atoms with Crippen molar-refractivity contribution in [3.8, 4) is 0 Å². The third-order valence-corrected chi connectivity index (χ3v) is 4.94. The molecule has 1 fully saturated rings. The standard InChI is InChI=1S/C17H21N3O2S/c1-12-10-14(19-22-12)11-18-16-5-3-4-15(13(16)2)17(21)20-6-8-23-9-7-20/h3-5,10,18H,6-9,11H2,1-2H3. The Balaban J connectivity index is 1.73. The molecule has 1 saturated heterocycles. The van der Waals surface area contributed by atoms with Crippen LogP contribution < -0.4 is 5.32 Å². The molecule has 0 saturated carbocycles. The molecule has 122 valence electrons. The Morgan fingerprint density at radius 1 is 1.35 bits per heavy atom. The Hall–Kier alpha value is -1.95. The van der Waals surface area contributed by atoms with Crippen LogP contribution in [0.4, 0.5) is 5.69 Å². The van der Waals surface area contributed by atoms with E-state index >= 15 is 0 Å². The maximum absolute atomic E-state index is 12.7. The van der Waals surface area contributed by atoms with Crippen molar-refractivity contribution >= 4 is 23.4 Å². The Morgan fingerprint density at radius 2 is 2.13 bits per heavy atom. The van der Waals surface area contributed by atoms with Gasteiger partial charge in [-0.1, -0.05) is 11.2 Å². The maximum Gasteiger partial charge on any atom is 0.254 e. The Kier molecular flexibility index (Phi) is 4.91. The summed E-state index contributed by atoms with van der Waals surface area (Å²) in [5.41, 5.74) is 3.57. The third-order valence-electron chi connectivity index (χ3n) is 4.00. The van der Waals surface area contributed by atoms with Crippen LogP contribution in [0.5, 0.6) is 0 Å². The molecule has 0 aliphatic carbocycles. The van der Waals surface area contributed by atoms with Crippen molar-refractivity contribution in [1.82, 2.24) is 10.1 Å². The number of carbonyl (C=O) groups is 1. The van der Waals surface area contributed by atoms with Crippen LogP contribution in [0.15, 0.2) is 28.8 Å². The summed E-state index contributed by atoms with van der Waals surface area (Å²) in [5, 5.41) is 7.32. The molecule has 6 heteroatoms. The minimum atomic E-state index is 0.128. The van der Waals surface area contributed by atoms with Crippen LogP contribution >= 0.6 is 11.8 Å². The highest BCUT2D eigenvalue weighted by molar-refractivity contribution is 7.99. The molecule has 1 N–H and O–H groups in total. The number of nitrogens with zero attached hydrogens (tertiary/aromatic N) is 2. The molecular formula is C17H21N3O2S. The van der Waals surface area contributed by atoms with Crippen molar-refractivity contribution in [2.75, 3.05) is 29.9 Å². The fraction of sp³-hybridized carbons (Fsp3) is 0.412. The molecular weight excluding hydrogens is 310 g/mol. The molecule has 2 aromatic rings. The zero-order chi connectivity index (χ0) is 16.2. The maximum atomic E-state index is 12.7. The smallest absolute Gasteiger partial charge is 0.254 e. The van der Waals surface area contributed by atoms with Gasteiger partial charge < -0.3 is 14.7 Å². The van der Waals surface area contributed by atoms with Gasteiger partial charge in [-0.05, 0) is 31.5 Å². The van der Waals surface area contributed by atoms with E-state index in [1.807, 2.05) is 54.8 Å². The molecule has 1 aromatic carbocycles. The summed E-state index contributed by atoms with van der Waals surface area (Å²) in [6.07, 6.45) is 0. The van der Waals surface area contributed by atoms with Crippen molar-refractivity contribution < 1.29 is 9.32 Å². The van der Waals surface area contributed by atoms with Crippen LogP contribution in [-0.2, 0) is 6.54 Å². The second-order valence-corrected chi connectivity index (χ2v) is 6.89. The molecule has 0 bridgehead atoms. The summed E-state index contributed by atoms with van der Waals surface area (Å²) in [6.45, 7) is 6.11. The zero-order valence-electron chi connectivity index (χ0n) is 13.5. The highest BCUT2D eigenvalue weighted by atomic mass is 32.2. The first-order valence-electron chi connectivity index (χ1n) is 7.78. The topological polar surface area (TPSA) is 58.4 Å². The predicted octanol–water partition coefficient (Wildman–Crippen LogP) is 3.09. The van der Waals surface area contributed by atoms with Gasteiger partial charge in [0.2, 0.25) is 0 Å². The van der Waals surface area contributed by atoms with Gasteiger partial charge in [-0.25, -0.2) is 0 Å². The van der Waals surface area contributed by atoms with Crippen LogP contribution in [0.3, 0.4) is 0 Å². The van der Waals surface area contributed by atoms with E-state index in [1.165, 1.54) is 0 Å². The number of carbonyl (C=O) groups excluding carboxylic acids is 1. The first-order valence-corrected chi connectivity index (χ1v) is 8.93. The SMILES string of the molecule is Cc1cc(CNc2cccc(C(=O)N3CCSCC3)c2C)no1. The lowest BCUT2D eigenvalue weighted by Crippen LogP contribution is -2.38. The molecule has 0 atom stereocenters. The van der Waals surface area contributed by atoms with Gasteiger partial charge in [-0.15, -0.1) is 0 Å². The van der Waals surface area contributed by atoms with Crippen molar-refractivity contribution in [2.45, 2.75) is 20.4 Å². The van der Waals surface area contributed by atoms with Gasteiger partial charge >= 0.3 is 0 Å². The first kappa shape index (κ1) is 15.9. The highest BCUT2D eigenvalue weighted by Crippen LogP contribution is 2.22. The number of anilines is 1. The Labute approximate surface area is 140 Å². The minimum absolute atomic E-state index is 0.128. The zero-order valence-corrected chi connectivity index (χ0v) is 14.3. The monoisotopic (exact) mass is 331 g/mol. The summed E-state index contributed by atoms with van der Waals surface area (Å²) in [5.74, 6) is 2.97. The van der Waals surface area contributed by atoms with E-state index in [1.54, 1.807) is 0 Å². The predicted molar refractivity (Wildman–Crippen MR) is 93.0 cm³/mol. The number of nitrogens with one attached hydrogen (secondary N) is 1. The van der Waals surface area contributed by atoms with Crippen LogP contribution in [0.25, 0.3) is 0 Å². The highest BCUT2D eigenvalue weighted by Gasteiger charge is 2.20. The largest absolute Gasteiger partial charge is 0.379 e. The number of thioether (sulfide) groups is 1. The molecule has 1 amide bonds. The molecule has 1 aliphatic heterocycles. The van der Waals surface area contributed by atoms with Crippen LogP contribution in [0.2, 0.25) is 0 Å². The summed E-state index contributed by atoms with van der Waals surface area (Å²) < 4.78 is 5.07. The van der Waals surface area contributed by atoms with Crippen molar-refractivity contribution in [3.63, 3.8) is 0 Å². The van der Waals surface area contributed by atoms with Crippen LogP contribution in [0, 0.1) is 13.8 Å². The lowest BCUT2D eigenvalue weighted by Gasteiger charge is -2.27. The lowest BCUT2D eigenvalue weighted by atomic mass is 10.1.